The van der Waals surface area contributed by atoms with E-state index in [1.54, 1.807) is 6.92 Å². The number of nitro groups is 1. The van der Waals surface area contributed by atoms with Crippen LogP contribution in [0.2, 0.25) is 0 Å². The van der Waals surface area contributed by atoms with Crippen LogP contribution in [-0.2, 0) is 14.3 Å². The molecule has 0 bridgehead atoms. The molecule has 0 fully saturated rings. The molecule has 0 spiro atoms. The molecule has 0 rings (SSSR count). The van der Waals surface area contributed by atoms with Gasteiger partial charge in [-0.25, -0.2) is 4.79 Å². The molecule has 0 radical (unpaired) electrons. The van der Waals surface area contributed by atoms with E-state index in [2.05, 4.69) is 9.47 Å². The van der Waals surface area contributed by atoms with E-state index >= 15 is 0 Å². The number of carbonyl (C=O) groups excluding carboxylic acids is 1. The third-order valence-corrected chi connectivity index (χ3v) is 1.29. The van der Waals surface area contributed by atoms with E-state index in [9.17, 15) is 14.9 Å². The van der Waals surface area contributed by atoms with E-state index in [-0.39, 0.29) is 12.4 Å². The van der Waals surface area contributed by atoms with Gasteiger partial charge in [0.25, 0.3) is 0 Å². The summed E-state index contributed by atoms with van der Waals surface area (Å²) < 4.78 is 9.05. The maximum Gasteiger partial charge on any atom is 0.413 e. The molecule has 0 amide bonds. The Morgan fingerprint density at radius 3 is 2.38 bits per heavy atom. The normalized spacial score (nSPS) is 11.6. The second-order valence-electron chi connectivity index (χ2n) is 2.09. The minimum Gasteiger partial charge on any atom is -0.494 e. The van der Waals surface area contributed by atoms with Crippen molar-refractivity contribution >= 4 is 5.97 Å². The summed E-state index contributed by atoms with van der Waals surface area (Å²) in [6, 6.07) is 0. The number of rotatable bonds is 4. The molecule has 74 valence electrons. The standard InChI is InChI=1S/C7H11NO5/c1-4-13-7(9)6(8(10)11)5(2)12-3/h4H2,1-3H3/b6-5-. The second-order valence-corrected chi connectivity index (χ2v) is 2.09. The van der Waals surface area contributed by atoms with Gasteiger partial charge in [-0.2, -0.15) is 0 Å². The highest BCUT2D eigenvalue weighted by molar-refractivity contribution is 5.86. The number of hydrogen-bond acceptors (Lipinski definition) is 5. The first-order chi connectivity index (χ1) is 6.04. The molecule has 0 aliphatic rings. The van der Waals surface area contributed by atoms with Gasteiger partial charge in [0.15, 0.2) is 5.76 Å². The van der Waals surface area contributed by atoms with Gasteiger partial charge < -0.3 is 9.47 Å². The Morgan fingerprint density at radius 1 is 1.54 bits per heavy atom. The zero-order chi connectivity index (χ0) is 10.4. The van der Waals surface area contributed by atoms with Gasteiger partial charge in [0.2, 0.25) is 0 Å². The second kappa shape index (κ2) is 5.13. The van der Waals surface area contributed by atoms with Crippen LogP contribution in [0.1, 0.15) is 13.8 Å². The van der Waals surface area contributed by atoms with E-state index in [0.29, 0.717) is 0 Å². The SMILES string of the molecule is CCOC(=O)/C(=C(\C)OC)[N+](=O)[O-]. The lowest BCUT2D eigenvalue weighted by Gasteiger charge is -2.02. The van der Waals surface area contributed by atoms with Crippen molar-refractivity contribution in [1.82, 2.24) is 0 Å². The molecule has 0 aromatic heterocycles. The Labute approximate surface area is 75.3 Å². The van der Waals surface area contributed by atoms with Crippen LogP contribution < -0.4 is 0 Å². The fourth-order valence-corrected chi connectivity index (χ4v) is 0.643. The molecule has 0 aromatic carbocycles. The predicted molar refractivity (Wildman–Crippen MR) is 43.3 cm³/mol. The molecule has 0 saturated carbocycles. The Morgan fingerprint density at radius 2 is 2.08 bits per heavy atom. The van der Waals surface area contributed by atoms with Gasteiger partial charge in [0.05, 0.1) is 18.6 Å². The Hall–Kier alpha value is -1.59. The Balaban J connectivity index is 4.82. The number of ether oxygens (including phenoxy) is 2. The van der Waals surface area contributed by atoms with E-state index in [0.717, 1.165) is 0 Å². The van der Waals surface area contributed by atoms with E-state index in [4.69, 9.17) is 0 Å². The molecule has 0 aromatic rings. The first-order valence-corrected chi connectivity index (χ1v) is 3.61. The number of nitrogens with zero attached hydrogens (tertiary/aromatic N) is 1. The zero-order valence-electron chi connectivity index (χ0n) is 7.70. The van der Waals surface area contributed by atoms with Crippen molar-refractivity contribution in [2.75, 3.05) is 13.7 Å². The quantitative estimate of drug-likeness (QED) is 0.214. The topological polar surface area (TPSA) is 78.7 Å². The summed E-state index contributed by atoms with van der Waals surface area (Å²) in [5.41, 5.74) is -0.663. The maximum atomic E-state index is 11.0. The van der Waals surface area contributed by atoms with Crippen molar-refractivity contribution in [3.8, 4) is 0 Å². The first kappa shape index (κ1) is 11.4. The van der Waals surface area contributed by atoms with Crippen LogP contribution in [0, 0.1) is 10.1 Å². The lowest BCUT2D eigenvalue weighted by atomic mass is 10.4. The smallest absolute Gasteiger partial charge is 0.413 e. The van der Waals surface area contributed by atoms with Gasteiger partial charge in [0.1, 0.15) is 0 Å². The summed E-state index contributed by atoms with van der Waals surface area (Å²) in [7, 11) is 1.25. The van der Waals surface area contributed by atoms with Crippen LogP contribution in [0.25, 0.3) is 0 Å². The van der Waals surface area contributed by atoms with Crippen LogP contribution in [0.15, 0.2) is 11.5 Å². The van der Waals surface area contributed by atoms with E-state index < -0.39 is 16.6 Å². The van der Waals surface area contributed by atoms with Gasteiger partial charge in [-0.15, -0.1) is 0 Å². The largest absolute Gasteiger partial charge is 0.494 e. The van der Waals surface area contributed by atoms with Crippen molar-refractivity contribution in [3.05, 3.63) is 21.6 Å². The number of methoxy groups -OCH3 is 1. The fourth-order valence-electron chi connectivity index (χ4n) is 0.643. The van der Waals surface area contributed by atoms with E-state index in [1.807, 2.05) is 0 Å². The van der Waals surface area contributed by atoms with Crippen molar-refractivity contribution in [1.29, 1.82) is 0 Å². The lowest BCUT2D eigenvalue weighted by Crippen LogP contribution is -2.17. The average Bonchev–Trinajstić information content (AvgIpc) is 2.04. The molecule has 0 unspecified atom stereocenters. The van der Waals surface area contributed by atoms with Crippen molar-refractivity contribution < 1.29 is 19.2 Å². The summed E-state index contributed by atoms with van der Waals surface area (Å²) in [4.78, 5) is 20.5. The molecule has 0 aliphatic carbocycles. The summed E-state index contributed by atoms with van der Waals surface area (Å²) >= 11 is 0. The highest BCUT2D eigenvalue weighted by Crippen LogP contribution is 2.07. The van der Waals surface area contributed by atoms with Crippen LogP contribution in [-0.4, -0.2) is 24.6 Å². The first-order valence-electron chi connectivity index (χ1n) is 3.61. The molecule has 0 N–H and O–H groups in total. The molecule has 13 heavy (non-hydrogen) atoms. The molecule has 0 heterocycles. The summed E-state index contributed by atoms with van der Waals surface area (Å²) in [6.07, 6.45) is 0. The van der Waals surface area contributed by atoms with Crippen molar-refractivity contribution in [2.45, 2.75) is 13.8 Å². The van der Waals surface area contributed by atoms with Crippen LogP contribution in [0.5, 0.6) is 0 Å². The highest BCUT2D eigenvalue weighted by atomic mass is 16.6. The number of esters is 1. The molecule has 6 heteroatoms. The number of hydrogen-bond donors (Lipinski definition) is 0. The maximum absolute atomic E-state index is 11.0. The third-order valence-electron chi connectivity index (χ3n) is 1.29. The minimum absolute atomic E-state index is 0.0662. The molecular formula is C7H11NO5. The van der Waals surface area contributed by atoms with Crippen molar-refractivity contribution in [2.24, 2.45) is 0 Å². The van der Waals surface area contributed by atoms with Gasteiger partial charge in [-0.1, -0.05) is 0 Å². The van der Waals surface area contributed by atoms with E-state index in [1.165, 1.54) is 14.0 Å². The molecule has 0 aliphatic heterocycles. The summed E-state index contributed by atoms with van der Waals surface area (Å²) in [6.45, 7) is 2.99. The monoisotopic (exact) mass is 189 g/mol. The molecular weight excluding hydrogens is 178 g/mol. The summed E-state index contributed by atoms with van der Waals surface area (Å²) in [5.74, 6) is -1.05. The van der Waals surface area contributed by atoms with Gasteiger partial charge in [-0.05, 0) is 6.92 Å². The van der Waals surface area contributed by atoms with Gasteiger partial charge in [-0.3, -0.25) is 10.1 Å². The fraction of sp³-hybridized carbons (Fsp3) is 0.571. The van der Waals surface area contributed by atoms with Gasteiger partial charge >= 0.3 is 11.7 Å². The predicted octanol–water partition coefficient (Wildman–Crippen LogP) is 0.704. The Bertz CT molecular complexity index is 245. The molecule has 0 atom stereocenters. The molecule has 6 nitrogen and oxygen atoms in total. The molecule has 0 saturated heterocycles. The average molecular weight is 189 g/mol. The van der Waals surface area contributed by atoms with Crippen LogP contribution >= 0.6 is 0 Å². The third kappa shape index (κ3) is 3.10. The van der Waals surface area contributed by atoms with Crippen LogP contribution in [0.3, 0.4) is 0 Å². The van der Waals surface area contributed by atoms with Crippen molar-refractivity contribution in [3.63, 3.8) is 0 Å². The summed E-state index contributed by atoms with van der Waals surface area (Å²) in [5, 5.41) is 10.4. The minimum atomic E-state index is -0.980. The number of carbonyl (C=O) groups is 1. The highest BCUT2D eigenvalue weighted by Gasteiger charge is 2.27. The lowest BCUT2D eigenvalue weighted by molar-refractivity contribution is -0.424. The van der Waals surface area contributed by atoms with Gasteiger partial charge in [0, 0.05) is 6.92 Å². The Kier molecular flexibility index (Phi) is 4.50. The zero-order valence-corrected chi connectivity index (χ0v) is 7.70. The number of allylic oxidation sites excluding steroid dienone is 1. The van der Waals surface area contributed by atoms with Crippen LogP contribution in [0.4, 0.5) is 0 Å².